The number of Topliss-reactive ketones (excluding diaryl/α,β-unsaturated/α-hetero) is 1. The predicted molar refractivity (Wildman–Crippen MR) is 109 cm³/mol. The Labute approximate surface area is 167 Å². The Bertz CT molecular complexity index is 973. The number of halogens is 1. The third kappa shape index (κ3) is 3.90. The van der Waals surface area contributed by atoms with Gasteiger partial charge in [0.05, 0.1) is 4.88 Å². The number of rotatable bonds is 4. The van der Waals surface area contributed by atoms with E-state index in [4.69, 9.17) is 0 Å². The van der Waals surface area contributed by atoms with Crippen molar-refractivity contribution < 1.29 is 14.0 Å². The van der Waals surface area contributed by atoms with Gasteiger partial charge in [-0.05, 0) is 42.7 Å². The molecule has 0 radical (unpaired) electrons. The second-order valence-corrected chi connectivity index (χ2v) is 8.05. The van der Waals surface area contributed by atoms with Gasteiger partial charge in [-0.2, -0.15) is 0 Å². The summed E-state index contributed by atoms with van der Waals surface area (Å²) in [5.74, 6) is -0.125. The van der Waals surface area contributed by atoms with Crippen molar-refractivity contribution >= 4 is 23.0 Å². The molecule has 3 aromatic rings. The van der Waals surface area contributed by atoms with Gasteiger partial charge in [-0.15, -0.1) is 11.3 Å². The fourth-order valence-corrected chi connectivity index (χ4v) is 4.54. The first-order chi connectivity index (χ1) is 13.6. The number of amides is 1. The zero-order valence-corrected chi connectivity index (χ0v) is 16.1. The van der Waals surface area contributed by atoms with Crippen molar-refractivity contribution in [2.24, 2.45) is 5.92 Å². The zero-order valence-electron chi connectivity index (χ0n) is 15.3. The molecule has 2 heterocycles. The third-order valence-corrected chi connectivity index (χ3v) is 6.28. The van der Waals surface area contributed by atoms with Crippen LogP contribution in [0.1, 0.15) is 32.9 Å². The van der Waals surface area contributed by atoms with Gasteiger partial charge >= 0.3 is 0 Å². The number of carbonyl (C=O) groups is 2. The number of piperidine rings is 1. The monoisotopic (exact) mass is 393 g/mol. The van der Waals surface area contributed by atoms with Crippen LogP contribution in [0.5, 0.6) is 0 Å². The molecule has 2 aromatic carbocycles. The lowest BCUT2D eigenvalue weighted by Crippen LogP contribution is -2.40. The number of nitrogens with zero attached hydrogens (tertiary/aromatic N) is 1. The van der Waals surface area contributed by atoms with E-state index >= 15 is 0 Å². The van der Waals surface area contributed by atoms with E-state index in [2.05, 4.69) is 0 Å². The van der Waals surface area contributed by atoms with Gasteiger partial charge in [0.2, 0.25) is 0 Å². The third-order valence-electron chi connectivity index (χ3n) is 5.16. The molecule has 1 amide bonds. The highest BCUT2D eigenvalue weighted by Crippen LogP contribution is 2.30. The summed E-state index contributed by atoms with van der Waals surface area (Å²) in [5, 5.41) is 0. The quantitative estimate of drug-likeness (QED) is 0.565. The number of benzene rings is 2. The smallest absolute Gasteiger partial charge is 0.263 e. The number of carbonyl (C=O) groups excluding carboxylic acids is 2. The molecule has 1 aliphatic heterocycles. The molecule has 3 nitrogen and oxygen atoms in total. The van der Waals surface area contributed by atoms with Gasteiger partial charge in [0, 0.05) is 29.4 Å². The lowest BCUT2D eigenvalue weighted by molar-refractivity contribution is 0.0654. The van der Waals surface area contributed by atoms with E-state index in [-0.39, 0.29) is 23.4 Å². The van der Waals surface area contributed by atoms with Crippen molar-refractivity contribution in [3.05, 3.63) is 83.0 Å². The van der Waals surface area contributed by atoms with Crippen LogP contribution < -0.4 is 0 Å². The van der Waals surface area contributed by atoms with Crippen LogP contribution in [0.3, 0.4) is 0 Å². The van der Waals surface area contributed by atoms with Crippen molar-refractivity contribution in [1.29, 1.82) is 0 Å². The number of thiophene rings is 1. The lowest BCUT2D eigenvalue weighted by Gasteiger charge is -2.31. The Hall–Kier alpha value is -2.79. The van der Waals surface area contributed by atoms with E-state index in [9.17, 15) is 14.0 Å². The van der Waals surface area contributed by atoms with Crippen LogP contribution >= 0.6 is 11.3 Å². The molecule has 1 aromatic heterocycles. The molecule has 0 N–H and O–H groups in total. The van der Waals surface area contributed by atoms with Gasteiger partial charge < -0.3 is 4.90 Å². The second-order valence-electron chi connectivity index (χ2n) is 6.97. The molecule has 0 aliphatic carbocycles. The molecule has 28 heavy (non-hydrogen) atoms. The van der Waals surface area contributed by atoms with Crippen LogP contribution in [0.15, 0.2) is 66.7 Å². The minimum atomic E-state index is -0.274. The summed E-state index contributed by atoms with van der Waals surface area (Å²) in [4.78, 5) is 28.9. The molecule has 1 saturated heterocycles. The van der Waals surface area contributed by atoms with Gasteiger partial charge in [0.15, 0.2) is 5.78 Å². The Morgan fingerprint density at radius 2 is 1.57 bits per heavy atom. The topological polar surface area (TPSA) is 37.4 Å². The Morgan fingerprint density at radius 1 is 0.893 bits per heavy atom. The van der Waals surface area contributed by atoms with Crippen LogP contribution in [-0.4, -0.2) is 29.7 Å². The SMILES string of the molecule is O=C(c1ccccc1)C1CCN(C(=O)c2ccc(-c3ccc(F)cc3)s2)CC1. The fourth-order valence-electron chi connectivity index (χ4n) is 3.56. The summed E-state index contributed by atoms with van der Waals surface area (Å²) in [7, 11) is 0. The van der Waals surface area contributed by atoms with E-state index in [1.807, 2.05) is 47.4 Å². The molecule has 5 heteroatoms. The highest BCUT2D eigenvalue weighted by Gasteiger charge is 2.28. The first-order valence-electron chi connectivity index (χ1n) is 9.36. The molecule has 0 saturated carbocycles. The number of likely N-dealkylation sites (tertiary alicyclic amines) is 1. The summed E-state index contributed by atoms with van der Waals surface area (Å²) in [6.07, 6.45) is 1.38. The summed E-state index contributed by atoms with van der Waals surface area (Å²) in [5.41, 5.74) is 1.65. The number of hydrogen-bond donors (Lipinski definition) is 0. The van der Waals surface area contributed by atoms with Crippen LogP contribution in [0.4, 0.5) is 4.39 Å². The van der Waals surface area contributed by atoms with Gasteiger partial charge in [-0.1, -0.05) is 42.5 Å². The molecule has 0 spiro atoms. The summed E-state index contributed by atoms with van der Waals surface area (Å²) in [6, 6.07) is 19.4. The van der Waals surface area contributed by atoms with Crippen LogP contribution in [0.25, 0.3) is 10.4 Å². The molecule has 4 rings (SSSR count). The van der Waals surface area contributed by atoms with Crippen molar-refractivity contribution in [3.8, 4) is 10.4 Å². The fraction of sp³-hybridized carbons (Fsp3) is 0.217. The molecule has 1 aliphatic rings. The molecule has 0 bridgehead atoms. The first kappa shape index (κ1) is 18.6. The van der Waals surface area contributed by atoms with E-state index in [1.165, 1.54) is 23.5 Å². The van der Waals surface area contributed by atoms with Gasteiger partial charge in [0.1, 0.15) is 5.82 Å². The minimum absolute atomic E-state index is 0.00368. The van der Waals surface area contributed by atoms with Crippen LogP contribution in [-0.2, 0) is 0 Å². The van der Waals surface area contributed by atoms with E-state index < -0.39 is 0 Å². The maximum absolute atomic E-state index is 13.1. The average molecular weight is 393 g/mol. The van der Waals surface area contributed by atoms with Crippen LogP contribution in [0.2, 0.25) is 0 Å². The first-order valence-corrected chi connectivity index (χ1v) is 10.2. The number of ketones is 1. The average Bonchev–Trinajstić information content (AvgIpc) is 3.24. The number of hydrogen-bond acceptors (Lipinski definition) is 3. The van der Waals surface area contributed by atoms with Crippen molar-refractivity contribution in [3.63, 3.8) is 0 Å². The molecular weight excluding hydrogens is 373 g/mol. The molecule has 0 atom stereocenters. The second kappa shape index (κ2) is 8.07. The minimum Gasteiger partial charge on any atom is -0.338 e. The molecular formula is C23H20FNO2S. The van der Waals surface area contributed by atoms with Crippen molar-refractivity contribution in [2.45, 2.75) is 12.8 Å². The summed E-state index contributed by atoms with van der Waals surface area (Å²) < 4.78 is 13.1. The standard InChI is InChI=1S/C23H20FNO2S/c24-19-8-6-16(7-9-19)20-10-11-21(28-20)23(27)25-14-12-18(13-15-25)22(26)17-4-2-1-3-5-17/h1-11,18H,12-15H2. The van der Waals surface area contributed by atoms with E-state index in [1.54, 1.807) is 12.1 Å². The summed E-state index contributed by atoms with van der Waals surface area (Å²) in [6.45, 7) is 1.18. The van der Waals surface area contributed by atoms with Gasteiger partial charge in [-0.3, -0.25) is 9.59 Å². The lowest BCUT2D eigenvalue weighted by atomic mass is 9.89. The summed E-state index contributed by atoms with van der Waals surface area (Å²) >= 11 is 1.42. The van der Waals surface area contributed by atoms with Gasteiger partial charge in [-0.25, -0.2) is 4.39 Å². The normalized spacial score (nSPS) is 14.8. The highest BCUT2D eigenvalue weighted by atomic mass is 32.1. The molecule has 1 fully saturated rings. The van der Waals surface area contributed by atoms with Crippen molar-refractivity contribution in [2.75, 3.05) is 13.1 Å². The van der Waals surface area contributed by atoms with Crippen LogP contribution in [0, 0.1) is 11.7 Å². The predicted octanol–water partition coefficient (Wildman–Crippen LogP) is 5.29. The van der Waals surface area contributed by atoms with Crippen molar-refractivity contribution in [1.82, 2.24) is 4.90 Å². The molecule has 0 unspecified atom stereocenters. The van der Waals surface area contributed by atoms with Gasteiger partial charge in [0.25, 0.3) is 5.91 Å². The Kier molecular flexibility index (Phi) is 5.35. The maximum atomic E-state index is 13.1. The molecule has 142 valence electrons. The Balaban J connectivity index is 1.39. The van der Waals surface area contributed by atoms with E-state index in [0.29, 0.717) is 30.8 Å². The maximum Gasteiger partial charge on any atom is 0.263 e. The largest absolute Gasteiger partial charge is 0.338 e. The van der Waals surface area contributed by atoms with E-state index in [0.717, 1.165) is 16.0 Å². The zero-order chi connectivity index (χ0) is 19.5. The Morgan fingerprint density at radius 3 is 2.25 bits per heavy atom. The highest BCUT2D eigenvalue weighted by molar-refractivity contribution is 7.17.